The molecule has 1 aliphatic heterocycles. The summed E-state index contributed by atoms with van der Waals surface area (Å²) in [5.74, 6) is 0.332. The number of aromatic nitrogens is 1. The maximum atomic E-state index is 13.0. The summed E-state index contributed by atoms with van der Waals surface area (Å²) in [5.41, 5.74) is 1.08. The van der Waals surface area contributed by atoms with E-state index in [-0.39, 0.29) is 29.4 Å². The first-order valence-electron chi connectivity index (χ1n) is 10.5. The SMILES string of the molecule is COc1ccc(S(=O)(=O)N2CCOCC2)cc1NC(=O)c1ccc(-c2nc3ccccc3s2)o1. The van der Waals surface area contributed by atoms with E-state index in [9.17, 15) is 13.2 Å². The number of carbonyl (C=O) groups excluding carboxylic acids is 1. The van der Waals surface area contributed by atoms with Gasteiger partial charge < -0.3 is 19.2 Å². The molecule has 0 saturated carbocycles. The number of furan rings is 1. The number of hydrogen-bond donors (Lipinski definition) is 1. The highest BCUT2D eigenvalue weighted by atomic mass is 32.2. The lowest BCUT2D eigenvalue weighted by molar-refractivity contribution is 0.0730. The van der Waals surface area contributed by atoms with Crippen molar-refractivity contribution in [1.29, 1.82) is 0 Å². The van der Waals surface area contributed by atoms with Crippen LogP contribution in [0.25, 0.3) is 21.0 Å². The highest BCUT2D eigenvalue weighted by Crippen LogP contribution is 2.33. The standard InChI is InChI=1S/C23H21N3O6S2/c1-30-18-7-6-15(34(28,29)26-10-12-31-13-11-26)14-17(18)24-22(27)19-8-9-20(32-19)23-25-16-4-2-3-5-21(16)33-23/h2-9,14H,10-13H2,1H3,(H,24,27). The largest absolute Gasteiger partial charge is 0.495 e. The van der Waals surface area contributed by atoms with Gasteiger partial charge in [-0.25, -0.2) is 13.4 Å². The molecule has 1 N–H and O–H groups in total. The number of thiazole rings is 1. The molecule has 1 amide bonds. The number of para-hydroxylation sites is 1. The van der Waals surface area contributed by atoms with E-state index in [1.807, 2.05) is 24.3 Å². The van der Waals surface area contributed by atoms with Crippen molar-refractivity contribution in [3.8, 4) is 16.5 Å². The number of anilines is 1. The normalized spacial score (nSPS) is 14.9. The Kier molecular flexibility index (Phi) is 6.09. The molecular formula is C23H21N3O6S2. The molecule has 0 atom stereocenters. The van der Waals surface area contributed by atoms with Crippen molar-refractivity contribution in [1.82, 2.24) is 9.29 Å². The molecule has 2 aromatic heterocycles. The van der Waals surface area contributed by atoms with E-state index in [2.05, 4.69) is 10.3 Å². The molecular weight excluding hydrogens is 478 g/mol. The Morgan fingerprint density at radius 1 is 1.12 bits per heavy atom. The van der Waals surface area contributed by atoms with Gasteiger partial charge >= 0.3 is 0 Å². The molecule has 1 fully saturated rings. The molecule has 2 aromatic carbocycles. The number of hydrogen-bond acceptors (Lipinski definition) is 8. The van der Waals surface area contributed by atoms with Crippen LogP contribution < -0.4 is 10.1 Å². The van der Waals surface area contributed by atoms with Gasteiger partial charge in [-0.2, -0.15) is 4.31 Å². The summed E-state index contributed by atoms with van der Waals surface area (Å²) in [4.78, 5) is 17.5. The molecule has 0 unspecified atom stereocenters. The van der Waals surface area contributed by atoms with Gasteiger partial charge in [0.05, 0.1) is 41.1 Å². The zero-order chi connectivity index (χ0) is 23.7. The number of amides is 1. The van der Waals surface area contributed by atoms with Crippen LogP contribution in [-0.4, -0.2) is 57.0 Å². The van der Waals surface area contributed by atoms with Crippen molar-refractivity contribution in [2.45, 2.75) is 4.90 Å². The molecule has 0 radical (unpaired) electrons. The minimum atomic E-state index is -3.74. The Morgan fingerprint density at radius 3 is 2.68 bits per heavy atom. The number of carbonyl (C=O) groups is 1. The molecule has 34 heavy (non-hydrogen) atoms. The van der Waals surface area contributed by atoms with E-state index < -0.39 is 15.9 Å². The Hall–Kier alpha value is -3.25. The van der Waals surface area contributed by atoms with Gasteiger partial charge in [0, 0.05) is 13.1 Å². The van der Waals surface area contributed by atoms with Gasteiger partial charge in [-0.05, 0) is 42.5 Å². The van der Waals surface area contributed by atoms with Gasteiger partial charge in [-0.15, -0.1) is 11.3 Å². The molecule has 0 aliphatic carbocycles. The zero-order valence-corrected chi connectivity index (χ0v) is 19.8. The summed E-state index contributed by atoms with van der Waals surface area (Å²) in [5, 5.41) is 3.37. The van der Waals surface area contributed by atoms with Crippen LogP contribution in [0.5, 0.6) is 5.75 Å². The number of benzene rings is 2. The molecule has 0 spiro atoms. The first-order valence-corrected chi connectivity index (χ1v) is 12.7. The average molecular weight is 500 g/mol. The van der Waals surface area contributed by atoms with Crippen LogP contribution in [-0.2, 0) is 14.8 Å². The van der Waals surface area contributed by atoms with Gasteiger partial charge in [-0.1, -0.05) is 12.1 Å². The predicted octanol–water partition coefficient (Wildman–Crippen LogP) is 3.84. The zero-order valence-electron chi connectivity index (χ0n) is 18.2. The third-order valence-corrected chi connectivity index (χ3v) is 8.31. The van der Waals surface area contributed by atoms with Crippen LogP contribution in [0.15, 0.2) is 63.9 Å². The van der Waals surface area contributed by atoms with Gasteiger partial charge in [-0.3, -0.25) is 4.79 Å². The number of ether oxygens (including phenoxy) is 2. The van der Waals surface area contributed by atoms with E-state index in [1.54, 1.807) is 12.1 Å². The smallest absolute Gasteiger partial charge is 0.291 e. The number of morpholine rings is 1. The van der Waals surface area contributed by atoms with Crippen LogP contribution in [0.1, 0.15) is 10.6 Å². The Morgan fingerprint density at radius 2 is 1.91 bits per heavy atom. The number of rotatable bonds is 6. The van der Waals surface area contributed by atoms with Crippen LogP contribution in [0.4, 0.5) is 5.69 Å². The molecule has 1 saturated heterocycles. The van der Waals surface area contributed by atoms with E-state index >= 15 is 0 Å². The predicted molar refractivity (Wildman–Crippen MR) is 128 cm³/mol. The Labute approximate surface area is 200 Å². The van der Waals surface area contributed by atoms with E-state index in [1.165, 1.54) is 41.0 Å². The van der Waals surface area contributed by atoms with Crippen molar-refractivity contribution in [3.05, 3.63) is 60.4 Å². The number of fused-ring (bicyclic) bond motifs is 1. The minimum Gasteiger partial charge on any atom is -0.495 e. The molecule has 3 heterocycles. The van der Waals surface area contributed by atoms with E-state index in [0.717, 1.165) is 10.2 Å². The van der Waals surface area contributed by atoms with E-state index in [0.29, 0.717) is 29.7 Å². The topological polar surface area (TPSA) is 111 Å². The monoisotopic (exact) mass is 499 g/mol. The van der Waals surface area contributed by atoms with Crippen molar-refractivity contribution >= 4 is 43.2 Å². The number of methoxy groups -OCH3 is 1. The number of nitrogens with zero attached hydrogens (tertiary/aromatic N) is 2. The quantitative estimate of drug-likeness (QED) is 0.429. The summed E-state index contributed by atoms with van der Waals surface area (Å²) in [6, 6.07) is 15.3. The van der Waals surface area contributed by atoms with Gasteiger partial charge in [0.1, 0.15) is 5.75 Å². The Bertz CT molecular complexity index is 1420. The van der Waals surface area contributed by atoms with Crippen molar-refractivity contribution in [2.75, 3.05) is 38.7 Å². The highest BCUT2D eigenvalue weighted by molar-refractivity contribution is 7.89. The molecule has 176 valence electrons. The second kappa shape index (κ2) is 9.18. The second-order valence-corrected chi connectivity index (χ2v) is 10.5. The molecule has 9 nitrogen and oxygen atoms in total. The fourth-order valence-corrected chi connectivity index (χ4v) is 5.98. The first kappa shape index (κ1) is 22.5. The second-order valence-electron chi connectivity index (χ2n) is 7.48. The summed E-state index contributed by atoms with van der Waals surface area (Å²) < 4.78 is 44.7. The fourth-order valence-electron chi connectivity index (χ4n) is 3.62. The van der Waals surface area contributed by atoms with Gasteiger partial charge in [0.15, 0.2) is 16.5 Å². The molecule has 4 aromatic rings. The number of nitrogens with one attached hydrogen (secondary N) is 1. The van der Waals surface area contributed by atoms with Gasteiger partial charge in [0.2, 0.25) is 10.0 Å². The molecule has 1 aliphatic rings. The lowest BCUT2D eigenvalue weighted by Gasteiger charge is -2.26. The Balaban J connectivity index is 1.39. The maximum Gasteiger partial charge on any atom is 0.291 e. The van der Waals surface area contributed by atoms with Gasteiger partial charge in [0.25, 0.3) is 5.91 Å². The minimum absolute atomic E-state index is 0.0557. The lowest BCUT2D eigenvalue weighted by Crippen LogP contribution is -2.40. The van der Waals surface area contributed by atoms with Crippen LogP contribution >= 0.6 is 11.3 Å². The lowest BCUT2D eigenvalue weighted by atomic mass is 10.3. The molecule has 5 rings (SSSR count). The van der Waals surface area contributed by atoms with Crippen molar-refractivity contribution in [3.63, 3.8) is 0 Å². The van der Waals surface area contributed by atoms with Crippen LogP contribution in [0, 0.1) is 0 Å². The molecule has 0 bridgehead atoms. The summed E-state index contributed by atoms with van der Waals surface area (Å²) >= 11 is 1.47. The fraction of sp³-hybridized carbons (Fsp3) is 0.217. The summed E-state index contributed by atoms with van der Waals surface area (Å²) in [6.45, 7) is 1.23. The van der Waals surface area contributed by atoms with Crippen molar-refractivity contribution < 1.29 is 27.1 Å². The average Bonchev–Trinajstić information content (AvgIpc) is 3.52. The van der Waals surface area contributed by atoms with Crippen LogP contribution in [0.2, 0.25) is 0 Å². The summed E-state index contributed by atoms with van der Waals surface area (Å²) in [7, 11) is -2.29. The van der Waals surface area contributed by atoms with E-state index in [4.69, 9.17) is 13.9 Å². The molecule has 11 heteroatoms. The van der Waals surface area contributed by atoms with Crippen LogP contribution in [0.3, 0.4) is 0 Å². The number of sulfonamides is 1. The maximum absolute atomic E-state index is 13.0. The third kappa shape index (κ3) is 4.30. The van der Waals surface area contributed by atoms with Crippen molar-refractivity contribution in [2.24, 2.45) is 0 Å². The first-order chi connectivity index (χ1) is 16.5. The summed E-state index contributed by atoms with van der Waals surface area (Å²) in [6.07, 6.45) is 0. The highest BCUT2D eigenvalue weighted by Gasteiger charge is 2.27. The third-order valence-electron chi connectivity index (χ3n) is 5.36.